The molecule has 2 atom stereocenters. The SMILES string of the molecule is CO[C@H]1C[C@@H](c2ccc(Cl)cc2)CN(C(=O)C(C)(C)C)C1. The molecule has 21 heavy (non-hydrogen) atoms. The molecule has 1 amide bonds. The Morgan fingerprint density at radius 1 is 1.24 bits per heavy atom. The fourth-order valence-electron chi connectivity index (χ4n) is 2.84. The predicted molar refractivity (Wildman–Crippen MR) is 85.6 cm³/mol. The molecule has 1 aromatic carbocycles. The zero-order valence-corrected chi connectivity index (χ0v) is 14.0. The summed E-state index contributed by atoms with van der Waals surface area (Å²) >= 11 is 5.96. The minimum atomic E-state index is -0.361. The topological polar surface area (TPSA) is 29.5 Å². The van der Waals surface area contributed by atoms with E-state index in [-0.39, 0.29) is 17.4 Å². The Bertz CT molecular complexity index is 493. The first kappa shape index (κ1) is 16.3. The van der Waals surface area contributed by atoms with Crippen molar-refractivity contribution < 1.29 is 9.53 Å². The number of likely N-dealkylation sites (tertiary alicyclic amines) is 1. The summed E-state index contributed by atoms with van der Waals surface area (Å²) in [5, 5.41) is 0.737. The number of halogens is 1. The van der Waals surface area contributed by atoms with Crippen LogP contribution in [0.5, 0.6) is 0 Å². The Labute approximate surface area is 132 Å². The van der Waals surface area contributed by atoms with Gasteiger partial charge in [-0.05, 0) is 24.1 Å². The molecule has 1 fully saturated rings. The molecule has 0 N–H and O–H groups in total. The number of benzene rings is 1. The highest BCUT2D eigenvalue weighted by Gasteiger charge is 2.35. The van der Waals surface area contributed by atoms with Gasteiger partial charge < -0.3 is 9.64 Å². The van der Waals surface area contributed by atoms with Crippen LogP contribution in [0.3, 0.4) is 0 Å². The third-order valence-corrected chi connectivity index (χ3v) is 4.27. The quantitative estimate of drug-likeness (QED) is 0.833. The Balaban J connectivity index is 2.19. The maximum Gasteiger partial charge on any atom is 0.228 e. The van der Waals surface area contributed by atoms with E-state index in [1.54, 1.807) is 7.11 Å². The van der Waals surface area contributed by atoms with Crippen LogP contribution in [0, 0.1) is 5.41 Å². The maximum atomic E-state index is 12.6. The predicted octanol–water partition coefficient (Wildman–Crippen LogP) is 3.72. The van der Waals surface area contributed by atoms with Crippen molar-refractivity contribution in [3.8, 4) is 0 Å². The van der Waals surface area contributed by atoms with E-state index in [2.05, 4.69) is 0 Å². The van der Waals surface area contributed by atoms with E-state index >= 15 is 0 Å². The number of methoxy groups -OCH3 is 1. The van der Waals surface area contributed by atoms with Crippen molar-refractivity contribution in [1.29, 1.82) is 0 Å². The summed E-state index contributed by atoms with van der Waals surface area (Å²) in [5.74, 6) is 0.482. The summed E-state index contributed by atoms with van der Waals surface area (Å²) in [4.78, 5) is 14.5. The van der Waals surface area contributed by atoms with Crippen molar-refractivity contribution in [2.24, 2.45) is 5.41 Å². The van der Waals surface area contributed by atoms with E-state index in [1.165, 1.54) is 5.56 Å². The van der Waals surface area contributed by atoms with Gasteiger partial charge in [0.15, 0.2) is 0 Å². The molecule has 0 aromatic heterocycles. The number of hydrogen-bond acceptors (Lipinski definition) is 2. The number of ether oxygens (including phenoxy) is 1. The van der Waals surface area contributed by atoms with E-state index in [4.69, 9.17) is 16.3 Å². The average molecular weight is 310 g/mol. The number of carbonyl (C=O) groups excluding carboxylic acids is 1. The summed E-state index contributed by atoms with van der Waals surface area (Å²) in [5.41, 5.74) is 0.855. The lowest BCUT2D eigenvalue weighted by atomic mass is 9.86. The average Bonchev–Trinajstić information content (AvgIpc) is 2.45. The maximum absolute atomic E-state index is 12.6. The Morgan fingerprint density at radius 3 is 2.38 bits per heavy atom. The summed E-state index contributed by atoms with van der Waals surface area (Å²) in [7, 11) is 1.72. The summed E-state index contributed by atoms with van der Waals surface area (Å²) in [6.07, 6.45) is 1.03. The molecule has 1 saturated heterocycles. The number of carbonyl (C=O) groups is 1. The molecule has 0 bridgehead atoms. The molecule has 2 rings (SSSR count). The van der Waals surface area contributed by atoms with Gasteiger partial charge in [-0.2, -0.15) is 0 Å². The molecule has 0 saturated carbocycles. The second-order valence-electron chi connectivity index (χ2n) is 6.80. The first-order chi connectivity index (χ1) is 9.81. The van der Waals surface area contributed by atoms with Crippen LogP contribution in [-0.4, -0.2) is 37.1 Å². The van der Waals surface area contributed by atoms with Crippen LogP contribution in [0.2, 0.25) is 5.02 Å². The van der Waals surface area contributed by atoms with Crippen LogP contribution in [-0.2, 0) is 9.53 Å². The number of nitrogens with zero attached hydrogens (tertiary/aromatic N) is 1. The van der Waals surface area contributed by atoms with Crippen LogP contribution >= 0.6 is 11.6 Å². The zero-order chi connectivity index (χ0) is 15.6. The van der Waals surface area contributed by atoms with Gasteiger partial charge >= 0.3 is 0 Å². The zero-order valence-electron chi connectivity index (χ0n) is 13.2. The lowest BCUT2D eigenvalue weighted by Gasteiger charge is -2.40. The van der Waals surface area contributed by atoms with Crippen molar-refractivity contribution in [3.05, 3.63) is 34.9 Å². The first-order valence-electron chi connectivity index (χ1n) is 7.39. The van der Waals surface area contributed by atoms with Crippen LogP contribution < -0.4 is 0 Å². The van der Waals surface area contributed by atoms with Gasteiger partial charge in [0.25, 0.3) is 0 Å². The summed E-state index contributed by atoms with van der Waals surface area (Å²) in [6, 6.07) is 7.90. The molecule has 116 valence electrons. The minimum absolute atomic E-state index is 0.0886. The van der Waals surface area contributed by atoms with Gasteiger partial charge in [-0.15, -0.1) is 0 Å². The molecule has 3 nitrogen and oxygen atoms in total. The lowest BCUT2D eigenvalue weighted by Crippen LogP contribution is -2.49. The minimum Gasteiger partial charge on any atom is -0.380 e. The van der Waals surface area contributed by atoms with E-state index in [1.807, 2.05) is 49.9 Å². The van der Waals surface area contributed by atoms with Gasteiger partial charge in [0, 0.05) is 36.6 Å². The monoisotopic (exact) mass is 309 g/mol. The molecule has 0 radical (unpaired) electrons. The van der Waals surface area contributed by atoms with E-state index in [9.17, 15) is 4.79 Å². The number of piperidine rings is 1. The van der Waals surface area contributed by atoms with Crippen LogP contribution in [0.15, 0.2) is 24.3 Å². The van der Waals surface area contributed by atoms with Crippen molar-refractivity contribution in [2.45, 2.75) is 39.2 Å². The standard InChI is InChI=1S/C17H24ClNO2/c1-17(2,3)16(20)19-10-13(9-15(11-19)21-4)12-5-7-14(18)8-6-12/h5-8,13,15H,9-11H2,1-4H3/t13-,15+/m1/s1. The Hall–Kier alpha value is -1.06. The molecular formula is C17H24ClNO2. The van der Waals surface area contributed by atoms with E-state index in [0.717, 1.165) is 18.0 Å². The summed E-state index contributed by atoms with van der Waals surface area (Å²) < 4.78 is 5.54. The third kappa shape index (κ3) is 3.98. The second kappa shape index (κ2) is 6.37. The van der Waals surface area contributed by atoms with Crippen molar-refractivity contribution >= 4 is 17.5 Å². The largest absolute Gasteiger partial charge is 0.380 e. The number of hydrogen-bond donors (Lipinski definition) is 0. The normalized spacial score (nSPS) is 23.2. The highest BCUT2D eigenvalue weighted by molar-refractivity contribution is 6.30. The smallest absolute Gasteiger partial charge is 0.228 e. The highest BCUT2D eigenvalue weighted by Crippen LogP contribution is 2.31. The van der Waals surface area contributed by atoms with Crippen LogP contribution in [0.1, 0.15) is 38.7 Å². The fraction of sp³-hybridized carbons (Fsp3) is 0.588. The van der Waals surface area contributed by atoms with Crippen molar-refractivity contribution in [1.82, 2.24) is 4.90 Å². The van der Waals surface area contributed by atoms with E-state index < -0.39 is 0 Å². The van der Waals surface area contributed by atoms with Gasteiger partial charge in [0.1, 0.15) is 0 Å². The van der Waals surface area contributed by atoms with Crippen molar-refractivity contribution in [2.75, 3.05) is 20.2 Å². The molecular weight excluding hydrogens is 286 g/mol. The first-order valence-corrected chi connectivity index (χ1v) is 7.76. The van der Waals surface area contributed by atoms with Gasteiger partial charge in [-0.3, -0.25) is 4.79 Å². The fourth-order valence-corrected chi connectivity index (χ4v) is 2.97. The van der Waals surface area contributed by atoms with Crippen LogP contribution in [0.25, 0.3) is 0 Å². The number of rotatable bonds is 2. The van der Waals surface area contributed by atoms with Crippen LogP contribution in [0.4, 0.5) is 0 Å². The Morgan fingerprint density at radius 2 is 1.86 bits per heavy atom. The van der Waals surface area contributed by atoms with Gasteiger partial charge in [-0.1, -0.05) is 44.5 Å². The molecule has 1 aliphatic heterocycles. The molecule has 0 aliphatic carbocycles. The summed E-state index contributed by atoms with van der Waals surface area (Å²) in [6.45, 7) is 7.31. The Kier molecular flexibility index (Phi) is 4.95. The third-order valence-electron chi connectivity index (χ3n) is 4.02. The van der Waals surface area contributed by atoms with Crippen molar-refractivity contribution in [3.63, 3.8) is 0 Å². The van der Waals surface area contributed by atoms with Gasteiger partial charge in [0.05, 0.1) is 6.10 Å². The van der Waals surface area contributed by atoms with Gasteiger partial charge in [0.2, 0.25) is 5.91 Å². The van der Waals surface area contributed by atoms with E-state index in [0.29, 0.717) is 12.5 Å². The molecule has 1 heterocycles. The highest BCUT2D eigenvalue weighted by atomic mass is 35.5. The molecule has 1 aromatic rings. The molecule has 0 unspecified atom stereocenters. The molecule has 1 aliphatic rings. The number of amides is 1. The molecule has 4 heteroatoms. The second-order valence-corrected chi connectivity index (χ2v) is 7.24. The molecule has 0 spiro atoms. The van der Waals surface area contributed by atoms with Gasteiger partial charge in [-0.25, -0.2) is 0 Å². The lowest BCUT2D eigenvalue weighted by molar-refractivity contribution is -0.143.